The van der Waals surface area contributed by atoms with Gasteiger partial charge in [0.2, 0.25) is 5.43 Å². The maximum Gasteiger partial charge on any atom is 0.341 e. The van der Waals surface area contributed by atoms with Gasteiger partial charge in [-0.15, -0.1) is 0 Å². The fourth-order valence-electron chi connectivity index (χ4n) is 5.35. The van der Waals surface area contributed by atoms with Gasteiger partial charge in [-0.25, -0.2) is 9.18 Å². The molecule has 5 rings (SSSR count). The molecule has 0 spiro atoms. The lowest BCUT2D eigenvalue weighted by Crippen LogP contribution is -2.38. The average molecular weight is 430 g/mol. The molecule has 1 aromatic carbocycles. The highest BCUT2D eigenvalue weighted by Crippen LogP contribution is 2.48. The molecule has 8 nitrogen and oxygen atoms in total. The van der Waals surface area contributed by atoms with E-state index in [1.807, 2.05) is 4.90 Å². The van der Waals surface area contributed by atoms with Gasteiger partial charge in [0.1, 0.15) is 5.56 Å². The van der Waals surface area contributed by atoms with Crippen molar-refractivity contribution in [1.29, 1.82) is 0 Å². The third-order valence-corrected chi connectivity index (χ3v) is 7.39. The number of rotatable bonds is 5. The lowest BCUT2D eigenvalue weighted by molar-refractivity contribution is 0.0695. The zero-order valence-corrected chi connectivity index (χ0v) is 17.4. The van der Waals surface area contributed by atoms with Crippen LogP contribution in [0.5, 0.6) is 0 Å². The summed E-state index contributed by atoms with van der Waals surface area (Å²) < 4.78 is 17.4. The maximum atomic E-state index is 15.6. The molecular formula is C22H27FN4O4. The number of aryl methyl sites for hydroxylation is 1. The van der Waals surface area contributed by atoms with Crippen LogP contribution in [-0.4, -0.2) is 46.0 Å². The van der Waals surface area contributed by atoms with Crippen LogP contribution in [0.15, 0.2) is 11.0 Å². The summed E-state index contributed by atoms with van der Waals surface area (Å²) in [5.41, 5.74) is 12.1. The first-order chi connectivity index (χ1) is 14.7. The monoisotopic (exact) mass is 430 g/mol. The minimum Gasteiger partial charge on any atom is -0.477 e. The van der Waals surface area contributed by atoms with E-state index < -0.39 is 22.8 Å². The van der Waals surface area contributed by atoms with Crippen LogP contribution < -0.4 is 21.8 Å². The van der Waals surface area contributed by atoms with Crippen molar-refractivity contribution in [3.05, 3.63) is 33.4 Å². The number of pyridine rings is 1. The number of hydrogen-bond acceptors (Lipinski definition) is 6. The minimum atomic E-state index is -1.35. The predicted molar refractivity (Wildman–Crippen MR) is 115 cm³/mol. The molecule has 2 heterocycles. The summed E-state index contributed by atoms with van der Waals surface area (Å²) >= 11 is 0. The number of halogens is 1. The molecule has 2 aromatic rings. The molecular weight excluding hydrogens is 403 g/mol. The van der Waals surface area contributed by atoms with Crippen LogP contribution >= 0.6 is 0 Å². The molecule has 3 aliphatic rings. The van der Waals surface area contributed by atoms with Gasteiger partial charge in [-0.3, -0.25) is 4.79 Å². The van der Waals surface area contributed by atoms with E-state index in [-0.39, 0.29) is 41.1 Å². The molecule has 0 radical (unpaired) electrons. The highest BCUT2D eigenvalue weighted by molar-refractivity contribution is 6.01. The lowest BCUT2D eigenvalue weighted by Gasteiger charge is -2.26. The number of aromatic carboxylic acids is 1. The molecule has 166 valence electrons. The number of carboxylic acid groups (broad SMARTS) is 1. The number of nitrogens with two attached hydrogens (primary N) is 2. The van der Waals surface area contributed by atoms with Crippen molar-refractivity contribution in [3.8, 4) is 0 Å². The van der Waals surface area contributed by atoms with Gasteiger partial charge < -0.3 is 31.1 Å². The number of aromatic nitrogens is 1. The predicted octanol–water partition coefficient (Wildman–Crippen LogP) is 1.60. The first-order valence-corrected chi connectivity index (χ1v) is 10.7. The first-order valence-electron chi connectivity index (χ1n) is 10.7. The van der Waals surface area contributed by atoms with Crippen molar-refractivity contribution in [1.82, 2.24) is 4.57 Å². The summed E-state index contributed by atoms with van der Waals surface area (Å²) in [5.74, 6) is -2.09. The molecule has 3 fully saturated rings. The van der Waals surface area contributed by atoms with Gasteiger partial charge in [0.25, 0.3) is 0 Å². The SMILES string of the molecule is Cc1c(N2C[C@@H](CO)[C@@H](C3(N)CC3)C2)c(F)c(N)c2c(=O)c(C(=O)O)cn(C3CC3)c12. The number of aliphatic hydroxyl groups is 1. The number of carbonyl (C=O) groups is 1. The number of fused-ring (bicyclic) bond motifs is 1. The van der Waals surface area contributed by atoms with E-state index in [1.165, 1.54) is 6.20 Å². The molecule has 1 saturated heterocycles. The van der Waals surface area contributed by atoms with Crippen LogP contribution in [-0.2, 0) is 0 Å². The summed E-state index contributed by atoms with van der Waals surface area (Å²) in [6.07, 6.45) is 4.86. The Bertz CT molecular complexity index is 1170. The zero-order chi connectivity index (χ0) is 22.2. The molecule has 1 aliphatic heterocycles. The Morgan fingerprint density at radius 3 is 2.55 bits per heavy atom. The van der Waals surface area contributed by atoms with E-state index in [0.717, 1.165) is 25.7 Å². The molecule has 31 heavy (non-hydrogen) atoms. The van der Waals surface area contributed by atoms with Crippen molar-refractivity contribution in [2.75, 3.05) is 30.3 Å². The van der Waals surface area contributed by atoms with Gasteiger partial charge in [-0.1, -0.05) is 0 Å². The first kappa shape index (κ1) is 20.3. The lowest BCUT2D eigenvalue weighted by atomic mass is 9.88. The normalized spacial score (nSPS) is 24.7. The molecule has 0 amide bonds. The largest absolute Gasteiger partial charge is 0.477 e. The summed E-state index contributed by atoms with van der Waals surface area (Å²) in [7, 11) is 0. The van der Waals surface area contributed by atoms with Crippen molar-refractivity contribution >= 4 is 28.2 Å². The molecule has 2 atom stereocenters. The third-order valence-electron chi connectivity index (χ3n) is 7.39. The Morgan fingerprint density at radius 1 is 1.32 bits per heavy atom. The standard InChI is InChI=1S/C22H27FN4O4/c1-10-18-15(20(29)13(21(30)31)7-27(18)12-2-3-12)17(24)16(23)19(10)26-6-11(9-28)14(8-26)22(25)4-5-22/h7,11-12,14,28H,2-6,8-9,24-25H2,1H3,(H,30,31)/t11-,14-/m0/s1. The highest BCUT2D eigenvalue weighted by atomic mass is 19.1. The number of nitrogens with zero attached hydrogens (tertiary/aromatic N) is 2. The summed E-state index contributed by atoms with van der Waals surface area (Å²) in [5, 5.41) is 19.3. The molecule has 0 bridgehead atoms. The highest BCUT2D eigenvalue weighted by Gasteiger charge is 2.52. The number of hydrogen-bond donors (Lipinski definition) is 4. The van der Waals surface area contributed by atoms with E-state index in [0.29, 0.717) is 29.9 Å². The maximum absolute atomic E-state index is 15.6. The number of benzene rings is 1. The van der Waals surface area contributed by atoms with Crippen LogP contribution in [0.3, 0.4) is 0 Å². The Hall–Kier alpha value is -2.65. The van der Waals surface area contributed by atoms with Crippen molar-refractivity contribution in [2.24, 2.45) is 17.6 Å². The Balaban J connectivity index is 1.72. The van der Waals surface area contributed by atoms with E-state index >= 15 is 4.39 Å². The van der Waals surface area contributed by atoms with E-state index in [1.54, 1.807) is 11.5 Å². The van der Waals surface area contributed by atoms with Crippen LogP contribution in [0.1, 0.15) is 47.6 Å². The number of aliphatic hydroxyl groups excluding tert-OH is 1. The van der Waals surface area contributed by atoms with Crippen molar-refractivity contribution < 1.29 is 19.4 Å². The van der Waals surface area contributed by atoms with Gasteiger partial charge in [-0.05, 0) is 38.2 Å². The van der Waals surface area contributed by atoms with Crippen molar-refractivity contribution in [2.45, 2.75) is 44.2 Å². The van der Waals surface area contributed by atoms with E-state index in [9.17, 15) is 19.8 Å². The van der Waals surface area contributed by atoms with E-state index in [2.05, 4.69) is 0 Å². The second-order valence-corrected chi connectivity index (χ2v) is 9.43. The van der Waals surface area contributed by atoms with Gasteiger partial charge in [0, 0.05) is 49.3 Å². The Labute approximate surface area is 178 Å². The van der Waals surface area contributed by atoms with Crippen LogP contribution in [0.2, 0.25) is 0 Å². The van der Waals surface area contributed by atoms with Gasteiger partial charge in [0.15, 0.2) is 5.82 Å². The third kappa shape index (κ3) is 2.94. The van der Waals surface area contributed by atoms with Crippen LogP contribution in [0.25, 0.3) is 10.9 Å². The number of carboxylic acids is 1. The fraction of sp³-hybridized carbons (Fsp3) is 0.545. The summed E-state index contributed by atoms with van der Waals surface area (Å²) in [4.78, 5) is 26.4. The molecule has 6 N–H and O–H groups in total. The van der Waals surface area contributed by atoms with Gasteiger partial charge in [-0.2, -0.15) is 0 Å². The fourth-order valence-corrected chi connectivity index (χ4v) is 5.35. The second-order valence-electron chi connectivity index (χ2n) is 9.43. The molecule has 1 aromatic heterocycles. The number of anilines is 2. The summed E-state index contributed by atoms with van der Waals surface area (Å²) in [6.45, 7) is 2.67. The second kappa shape index (κ2) is 6.67. The smallest absolute Gasteiger partial charge is 0.341 e. The van der Waals surface area contributed by atoms with Gasteiger partial charge >= 0.3 is 5.97 Å². The van der Waals surface area contributed by atoms with Crippen LogP contribution in [0, 0.1) is 24.6 Å². The van der Waals surface area contributed by atoms with E-state index in [4.69, 9.17) is 11.5 Å². The molecule has 2 saturated carbocycles. The van der Waals surface area contributed by atoms with Gasteiger partial charge in [0.05, 0.1) is 22.3 Å². The minimum absolute atomic E-state index is 0.0292. The molecule has 0 unspecified atom stereocenters. The van der Waals surface area contributed by atoms with Crippen molar-refractivity contribution in [3.63, 3.8) is 0 Å². The Morgan fingerprint density at radius 2 is 2.00 bits per heavy atom. The Kier molecular flexibility index (Phi) is 4.36. The average Bonchev–Trinajstić information content (AvgIpc) is 3.65. The topological polar surface area (TPSA) is 135 Å². The quantitative estimate of drug-likeness (QED) is 0.529. The van der Waals surface area contributed by atoms with Crippen LogP contribution in [0.4, 0.5) is 15.8 Å². The zero-order valence-electron chi connectivity index (χ0n) is 17.4. The number of nitrogen functional groups attached to an aromatic ring is 1. The molecule has 9 heteroatoms. The molecule has 2 aliphatic carbocycles. The summed E-state index contributed by atoms with van der Waals surface area (Å²) in [6, 6.07) is 0.0629.